The Bertz CT molecular complexity index is 1980. The van der Waals surface area contributed by atoms with Crippen molar-refractivity contribution in [3.63, 3.8) is 0 Å². The summed E-state index contributed by atoms with van der Waals surface area (Å²) in [5.74, 6) is -0.111. The van der Waals surface area contributed by atoms with E-state index >= 15 is 0 Å². The molecule has 2 N–H and O–H groups in total. The molecule has 5 aromatic rings. The second-order valence-corrected chi connectivity index (χ2v) is 13.6. The average molecular weight is 714 g/mol. The van der Waals surface area contributed by atoms with Gasteiger partial charge in [0.2, 0.25) is 0 Å². The van der Waals surface area contributed by atoms with Gasteiger partial charge in [-0.15, -0.1) is 0 Å². The molecule has 2 aliphatic heterocycles. The number of hydrogen-bond donors (Lipinski definition) is 2. The van der Waals surface area contributed by atoms with E-state index in [0.717, 1.165) is 71.8 Å². The molecule has 11 heteroatoms. The minimum atomic E-state index is -0.580. The van der Waals surface area contributed by atoms with Crippen LogP contribution >= 0.6 is 0 Å². The first-order chi connectivity index (χ1) is 25.8. The summed E-state index contributed by atoms with van der Waals surface area (Å²) >= 11 is 0. The molecule has 11 nitrogen and oxygen atoms in total. The van der Waals surface area contributed by atoms with Crippen molar-refractivity contribution in [3.05, 3.63) is 160 Å². The van der Waals surface area contributed by atoms with Crippen LogP contribution in [-0.4, -0.2) is 64.6 Å². The molecular formula is C42H43N5O6. The number of ether oxygens (including phenoxy) is 2. The van der Waals surface area contributed by atoms with Gasteiger partial charge in [0, 0.05) is 81.0 Å². The highest BCUT2D eigenvalue weighted by molar-refractivity contribution is 5.93. The number of non-ortho nitro benzene ring substituents is 1. The lowest BCUT2D eigenvalue weighted by Gasteiger charge is -2.44. The molecule has 2 saturated heterocycles. The molecule has 4 atom stereocenters. The SMILES string of the molecule is C[C@H]1[C@@H](CN2CCN(c3ccc([N+](=O)[O-])cc3)CC2)O[C@@H](c2ccc(-c3cccc(CNC(=O)c4cccnc4)c3)cc2)O[C@H]1c1ccc(CO)cc1. The van der Waals surface area contributed by atoms with Crippen molar-refractivity contribution >= 4 is 17.3 Å². The van der Waals surface area contributed by atoms with Gasteiger partial charge in [-0.25, -0.2) is 0 Å². The number of aromatic nitrogens is 1. The van der Waals surface area contributed by atoms with Crippen molar-refractivity contribution in [2.75, 3.05) is 37.6 Å². The summed E-state index contributed by atoms with van der Waals surface area (Å²) < 4.78 is 13.5. The minimum absolute atomic E-state index is 0.0170. The summed E-state index contributed by atoms with van der Waals surface area (Å²) in [7, 11) is 0. The number of nitro benzene ring substituents is 1. The van der Waals surface area contributed by atoms with E-state index in [1.165, 1.54) is 0 Å². The number of piperazine rings is 1. The number of aliphatic hydroxyl groups excluding tert-OH is 1. The Morgan fingerprint density at radius 1 is 0.868 bits per heavy atom. The third-order valence-electron chi connectivity index (χ3n) is 10.2. The number of benzene rings is 4. The summed E-state index contributed by atoms with van der Waals surface area (Å²) in [6.45, 7) is 6.59. The van der Waals surface area contributed by atoms with Gasteiger partial charge in [-0.2, -0.15) is 0 Å². The lowest BCUT2D eigenvalue weighted by Crippen LogP contribution is -2.51. The number of pyridine rings is 1. The van der Waals surface area contributed by atoms with E-state index in [9.17, 15) is 20.0 Å². The molecule has 1 amide bonds. The van der Waals surface area contributed by atoms with Crippen molar-refractivity contribution in [3.8, 4) is 11.1 Å². The number of anilines is 1. The van der Waals surface area contributed by atoms with Crippen LogP contribution in [0, 0.1) is 16.0 Å². The minimum Gasteiger partial charge on any atom is -0.392 e. The van der Waals surface area contributed by atoms with Gasteiger partial charge in [-0.1, -0.05) is 73.7 Å². The van der Waals surface area contributed by atoms with Gasteiger partial charge in [0.15, 0.2) is 6.29 Å². The second kappa shape index (κ2) is 16.5. The van der Waals surface area contributed by atoms with Crippen LogP contribution in [0.15, 0.2) is 122 Å². The van der Waals surface area contributed by atoms with E-state index in [1.54, 1.807) is 36.7 Å². The summed E-state index contributed by atoms with van der Waals surface area (Å²) in [5.41, 5.74) is 7.48. The largest absolute Gasteiger partial charge is 0.392 e. The van der Waals surface area contributed by atoms with Crippen molar-refractivity contribution in [1.29, 1.82) is 0 Å². The van der Waals surface area contributed by atoms with Crippen molar-refractivity contribution < 1.29 is 24.3 Å². The van der Waals surface area contributed by atoms with E-state index in [4.69, 9.17) is 9.47 Å². The first-order valence-corrected chi connectivity index (χ1v) is 17.9. The summed E-state index contributed by atoms with van der Waals surface area (Å²) in [6, 6.07) is 34.6. The molecular weight excluding hydrogens is 670 g/mol. The molecule has 2 fully saturated rings. The first-order valence-electron chi connectivity index (χ1n) is 17.9. The van der Waals surface area contributed by atoms with E-state index in [2.05, 4.69) is 63.4 Å². The zero-order chi connectivity index (χ0) is 36.7. The molecule has 53 heavy (non-hydrogen) atoms. The maximum absolute atomic E-state index is 12.5. The fourth-order valence-electron chi connectivity index (χ4n) is 7.03. The van der Waals surface area contributed by atoms with Gasteiger partial charge in [0.1, 0.15) is 0 Å². The number of carbonyl (C=O) groups excluding carboxylic acids is 1. The number of carbonyl (C=O) groups is 1. The predicted molar refractivity (Wildman–Crippen MR) is 202 cm³/mol. The number of nitrogens with one attached hydrogen (secondary N) is 1. The Morgan fingerprint density at radius 3 is 2.28 bits per heavy atom. The van der Waals surface area contributed by atoms with Crippen LogP contribution in [0.25, 0.3) is 11.1 Å². The molecule has 7 rings (SSSR count). The highest BCUT2D eigenvalue weighted by Crippen LogP contribution is 2.42. The summed E-state index contributed by atoms with van der Waals surface area (Å²) in [6.07, 6.45) is 2.29. The smallest absolute Gasteiger partial charge is 0.269 e. The third kappa shape index (κ3) is 8.61. The van der Waals surface area contributed by atoms with Gasteiger partial charge in [-0.05, 0) is 58.1 Å². The van der Waals surface area contributed by atoms with Crippen LogP contribution in [0.1, 0.15) is 51.9 Å². The van der Waals surface area contributed by atoms with Crippen molar-refractivity contribution in [2.45, 2.75) is 38.6 Å². The molecule has 272 valence electrons. The van der Waals surface area contributed by atoms with Crippen LogP contribution in [0.2, 0.25) is 0 Å². The zero-order valence-corrected chi connectivity index (χ0v) is 29.6. The number of amides is 1. The topological polar surface area (TPSA) is 130 Å². The van der Waals surface area contributed by atoms with E-state index in [-0.39, 0.29) is 41.3 Å². The number of nitrogens with zero attached hydrogens (tertiary/aromatic N) is 4. The highest BCUT2D eigenvalue weighted by Gasteiger charge is 2.39. The predicted octanol–water partition coefficient (Wildman–Crippen LogP) is 6.69. The zero-order valence-electron chi connectivity index (χ0n) is 29.6. The molecule has 0 bridgehead atoms. The maximum Gasteiger partial charge on any atom is 0.269 e. The molecule has 1 aromatic heterocycles. The average Bonchev–Trinajstić information content (AvgIpc) is 3.21. The Hall–Kier alpha value is -5.46. The van der Waals surface area contributed by atoms with Gasteiger partial charge in [0.05, 0.1) is 29.3 Å². The quantitative estimate of drug-likeness (QED) is 0.114. The number of rotatable bonds is 11. The Labute approximate surface area is 309 Å². The van der Waals surface area contributed by atoms with Crippen molar-refractivity contribution in [2.24, 2.45) is 5.92 Å². The van der Waals surface area contributed by atoms with Crippen LogP contribution < -0.4 is 10.2 Å². The molecule has 0 spiro atoms. The third-order valence-corrected chi connectivity index (χ3v) is 10.2. The van der Waals surface area contributed by atoms with Gasteiger partial charge >= 0.3 is 0 Å². The molecule has 0 radical (unpaired) electrons. The number of aliphatic hydroxyl groups is 1. The monoisotopic (exact) mass is 713 g/mol. The molecule has 2 aliphatic rings. The Morgan fingerprint density at radius 2 is 1.60 bits per heavy atom. The van der Waals surface area contributed by atoms with Gasteiger partial charge in [0.25, 0.3) is 11.6 Å². The van der Waals surface area contributed by atoms with Gasteiger partial charge < -0.3 is 24.8 Å². The standard InChI is InChI=1S/C42H43N5O6/c1-29-39(27-45-20-22-46(23-21-45)37-15-17-38(18-16-37)47(50)51)52-42(53-40(29)33-9-7-30(28-48)8-10-33)34-13-11-32(12-14-34)35-5-2-4-31(24-35)25-44-41(49)36-6-3-19-43-26-36/h2-19,24,26,29,39-40,42,48H,20-23,25,27-28H2,1H3,(H,44,49)/t29-,39+,40+,42+/m0/s1. The normalized spacial score (nSPS) is 20.5. The lowest BCUT2D eigenvalue weighted by molar-refractivity contribution is -0.384. The molecule has 4 aromatic carbocycles. The number of hydrogen-bond acceptors (Lipinski definition) is 9. The second-order valence-electron chi connectivity index (χ2n) is 13.6. The van der Waals surface area contributed by atoms with Crippen LogP contribution in [0.3, 0.4) is 0 Å². The van der Waals surface area contributed by atoms with Crippen LogP contribution in [0.4, 0.5) is 11.4 Å². The van der Waals surface area contributed by atoms with Crippen molar-refractivity contribution in [1.82, 2.24) is 15.2 Å². The fourth-order valence-corrected chi connectivity index (χ4v) is 7.03. The Kier molecular flexibility index (Phi) is 11.2. The van der Waals surface area contributed by atoms with Gasteiger partial charge in [-0.3, -0.25) is 24.8 Å². The van der Waals surface area contributed by atoms with E-state index in [1.807, 2.05) is 48.5 Å². The summed E-state index contributed by atoms with van der Waals surface area (Å²) in [4.78, 5) is 32.0. The lowest BCUT2D eigenvalue weighted by atomic mass is 9.89. The number of nitro groups is 1. The fraction of sp³-hybridized carbons (Fsp3) is 0.286. The molecule has 0 unspecified atom stereocenters. The van der Waals surface area contributed by atoms with Crippen LogP contribution in [0.5, 0.6) is 0 Å². The molecule has 3 heterocycles. The van der Waals surface area contributed by atoms with E-state index < -0.39 is 6.29 Å². The first kappa shape index (κ1) is 35.9. The highest BCUT2D eigenvalue weighted by atomic mass is 16.7. The molecule has 0 saturated carbocycles. The maximum atomic E-state index is 12.5. The molecule has 0 aliphatic carbocycles. The van der Waals surface area contributed by atoms with Crippen LogP contribution in [-0.2, 0) is 22.6 Å². The van der Waals surface area contributed by atoms with E-state index in [0.29, 0.717) is 12.1 Å². The summed E-state index contributed by atoms with van der Waals surface area (Å²) in [5, 5.41) is 23.7. The Balaban J connectivity index is 1.04.